The Morgan fingerprint density at radius 1 is 1.22 bits per heavy atom. The van der Waals surface area contributed by atoms with Crippen molar-refractivity contribution in [2.75, 3.05) is 32.9 Å². The number of hydrogen-bond acceptors (Lipinski definition) is 6. The van der Waals surface area contributed by atoms with Crippen LogP contribution in [0.4, 0.5) is 5.69 Å². The molecule has 2 N–H and O–H groups in total. The molecule has 1 aromatic rings. The molecule has 1 rings (SSSR count). The number of ether oxygens (including phenoxy) is 3. The van der Waals surface area contributed by atoms with Gasteiger partial charge in [-0.25, -0.2) is 0 Å². The van der Waals surface area contributed by atoms with Gasteiger partial charge in [-0.3, -0.25) is 4.79 Å². The number of nitrogen functional groups attached to an aromatic ring is 1. The number of aryl methyl sites for hydroxylation is 2. The highest BCUT2D eigenvalue weighted by Gasteiger charge is 2.16. The molecule has 0 aliphatic heterocycles. The van der Waals surface area contributed by atoms with Crippen molar-refractivity contribution in [3.05, 3.63) is 28.8 Å². The second kappa shape index (κ2) is 15.2. The highest BCUT2D eigenvalue weighted by atomic mass is 16.7. The minimum absolute atomic E-state index is 0.106. The van der Waals surface area contributed by atoms with Crippen LogP contribution < -0.4 is 5.73 Å². The van der Waals surface area contributed by atoms with Gasteiger partial charge >= 0.3 is 5.97 Å². The molecule has 0 aliphatic rings. The van der Waals surface area contributed by atoms with Crippen LogP contribution in [0.25, 0.3) is 0 Å². The molecular weight excluding hydrogens is 346 g/mol. The number of methoxy groups -OCH3 is 1. The number of nitrogens with two attached hydrogens (primary N) is 1. The Bertz CT molecular complexity index is 560. The van der Waals surface area contributed by atoms with Gasteiger partial charge in [-0.15, -0.1) is 0 Å². The minimum Gasteiger partial charge on any atom is -0.466 e. The van der Waals surface area contributed by atoms with Gasteiger partial charge in [0.15, 0.2) is 0 Å². The van der Waals surface area contributed by atoms with Gasteiger partial charge in [0, 0.05) is 31.6 Å². The number of benzene rings is 1. The molecule has 0 saturated heterocycles. The Labute approximate surface area is 163 Å². The summed E-state index contributed by atoms with van der Waals surface area (Å²) >= 11 is 0. The number of anilines is 1. The Hall–Kier alpha value is -1.92. The van der Waals surface area contributed by atoms with E-state index in [9.17, 15) is 9.59 Å². The molecule has 0 amide bonds. The van der Waals surface area contributed by atoms with Crippen molar-refractivity contribution in [3.8, 4) is 0 Å². The second-order valence-corrected chi connectivity index (χ2v) is 5.94. The van der Waals surface area contributed by atoms with Gasteiger partial charge in [-0.05, 0) is 42.5 Å². The first-order valence-corrected chi connectivity index (χ1v) is 9.60. The van der Waals surface area contributed by atoms with E-state index in [4.69, 9.17) is 19.9 Å². The molecule has 27 heavy (non-hydrogen) atoms. The van der Waals surface area contributed by atoms with Crippen LogP contribution in [0.2, 0.25) is 0 Å². The van der Waals surface area contributed by atoms with Crippen molar-refractivity contribution >= 4 is 17.9 Å². The number of carbonyl (C=O) groups is 2. The van der Waals surface area contributed by atoms with E-state index in [-0.39, 0.29) is 18.7 Å². The van der Waals surface area contributed by atoms with Crippen LogP contribution in [0, 0.1) is 0 Å². The van der Waals surface area contributed by atoms with Gasteiger partial charge in [0.1, 0.15) is 13.1 Å². The molecule has 0 radical (unpaired) electrons. The molecule has 0 aliphatic carbocycles. The zero-order chi connectivity index (χ0) is 20.7. The van der Waals surface area contributed by atoms with E-state index in [0.717, 1.165) is 23.0 Å². The van der Waals surface area contributed by atoms with Crippen LogP contribution in [0.1, 0.15) is 63.1 Å². The van der Waals surface area contributed by atoms with Gasteiger partial charge < -0.3 is 24.7 Å². The lowest BCUT2D eigenvalue weighted by atomic mass is 9.90. The molecule has 0 spiro atoms. The van der Waals surface area contributed by atoms with Crippen LogP contribution in [-0.2, 0) is 36.6 Å². The molecule has 6 heteroatoms. The molecule has 0 saturated carbocycles. The van der Waals surface area contributed by atoms with Crippen molar-refractivity contribution in [1.29, 1.82) is 0 Å². The van der Waals surface area contributed by atoms with Crippen LogP contribution >= 0.6 is 0 Å². The molecule has 0 heterocycles. The van der Waals surface area contributed by atoms with Crippen molar-refractivity contribution in [1.82, 2.24) is 0 Å². The fraction of sp³-hybridized carbons (Fsp3) is 0.619. The molecule has 1 unspecified atom stereocenters. The topological polar surface area (TPSA) is 87.9 Å². The zero-order valence-electron chi connectivity index (χ0n) is 17.4. The third-order valence-electron chi connectivity index (χ3n) is 3.94. The van der Waals surface area contributed by atoms with Crippen LogP contribution in [0.5, 0.6) is 0 Å². The molecule has 0 bridgehead atoms. The van der Waals surface area contributed by atoms with Gasteiger partial charge in [0.2, 0.25) is 0 Å². The fourth-order valence-electron chi connectivity index (χ4n) is 2.70. The first-order chi connectivity index (χ1) is 13.0. The largest absolute Gasteiger partial charge is 0.466 e. The highest BCUT2D eigenvalue weighted by molar-refractivity contribution is 5.70. The summed E-state index contributed by atoms with van der Waals surface area (Å²) in [5.74, 6) is -0.113. The van der Waals surface area contributed by atoms with Gasteiger partial charge in [-0.1, -0.05) is 26.8 Å². The van der Waals surface area contributed by atoms with Crippen molar-refractivity contribution in [2.24, 2.45) is 0 Å². The van der Waals surface area contributed by atoms with Crippen molar-refractivity contribution < 1.29 is 23.8 Å². The number of aldehydes is 1. The van der Waals surface area contributed by atoms with E-state index in [2.05, 4.69) is 0 Å². The molecule has 1 aromatic carbocycles. The van der Waals surface area contributed by atoms with Crippen LogP contribution in [0.3, 0.4) is 0 Å². The van der Waals surface area contributed by atoms with Crippen LogP contribution in [0.15, 0.2) is 12.1 Å². The normalized spacial score (nSPS) is 11.3. The summed E-state index contributed by atoms with van der Waals surface area (Å²) in [6.45, 7) is 8.94. The summed E-state index contributed by atoms with van der Waals surface area (Å²) in [6, 6.07) is 3.93. The third kappa shape index (κ3) is 9.54. The third-order valence-corrected chi connectivity index (χ3v) is 3.94. The summed E-state index contributed by atoms with van der Waals surface area (Å²) < 4.78 is 15.4. The second-order valence-electron chi connectivity index (χ2n) is 5.94. The summed E-state index contributed by atoms with van der Waals surface area (Å²) in [7, 11) is 1.58. The number of hydrogen-bond donors (Lipinski definition) is 1. The lowest BCUT2D eigenvalue weighted by Gasteiger charge is -2.19. The van der Waals surface area contributed by atoms with Gasteiger partial charge in [0.25, 0.3) is 0 Å². The first-order valence-electron chi connectivity index (χ1n) is 9.60. The number of esters is 1. The lowest BCUT2D eigenvalue weighted by molar-refractivity contribution is -0.143. The molecular formula is C21H35NO5. The molecule has 6 nitrogen and oxygen atoms in total. The fourth-order valence-corrected chi connectivity index (χ4v) is 2.70. The Balaban J connectivity index is 0.00000326. The van der Waals surface area contributed by atoms with Crippen molar-refractivity contribution in [2.45, 2.75) is 59.3 Å². The first kappa shape index (κ1) is 25.1. The van der Waals surface area contributed by atoms with E-state index in [1.54, 1.807) is 14.0 Å². The highest BCUT2D eigenvalue weighted by Crippen LogP contribution is 2.28. The minimum atomic E-state index is -0.219. The number of carbonyl (C=O) groups excluding carboxylic acids is 2. The zero-order valence-corrected chi connectivity index (χ0v) is 17.4. The monoisotopic (exact) mass is 381 g/mol. The summed E-state index contributed by atoms with van der Waals surface area (Å²) in [5.41, 5.74) is 9.83. The van der Waals surface area contributed by atoms with E-state index in [0.29, 0.717) is 44.6 Å². The molecule has 154 valence electrons. The maximum absolute atomic E-state index is 11.7. The Kier molecular flexibility index (Phi) is 14.1. The average molecular weight is 382 g/mol. The smallest absolute Gasteiger partial charge is 0.306 e. The van der Waals surface area contributed by atoms with Crippen molar-refractivity contribution in [3.63, 3.8) is 0 Å². The lowest BCUT2D eigenvalue weighted by Crippen LogP contribution is -2.12. The number of rotatable bonds is 12. The van der Waals surface area contributed by atoms with E-state index >= 15 is 0 Å². The maximum atomic E-state index is 11.7. The van der Waals surface area contributed by atoms with E-state index in [1.165, 1.54) is 0 Å². The predicted molar refractivity (Wildman–Crippen MR) is 108 cm³/mol. The quantitative estimate of drug-likeness (QED) is 0.195. The van der Waals surface area contributed by atoms with E-state index in [1.807, 2.05) is 32.9 Å². The average Bonchev–Trinajstić information content (AvgIpc) is 2.67. The predicted octanol–water partition coefficient (Wildman–Crippen LogP) is 3.65. The summed E-state index contributed by atoms with van der Waals surface area (Å²) in [6.07, 6.45) is 2.78. The van der Waals surface area contributed by atoms with E-state index < -0.39 is 0 Å². The SMILES string of the molecule is CC.CCOC(=O)CCc1cc(CCC=O)c(N)cc1C(C)COCOC. The standard InChI is InChI=1S/C19H29NO5.C2H6/c1-4-25-19(22)8-7-15-10-16(6-5-9-21)18(20)11-17(15)14(2)12-24-13-23-3;1-2/h9-11,14H,4-8,12-13,20H2,1-3H3;1-2H3. The molecule has 0 aromatic heterocycles. The Morgan fingerprint density at radius 2 is 1.93 bits per heavy atom. The Morgan fingerprint density at radius 3 is 2.52 bits per heavy atom. The molecule has 0 fully saturated rings. The molecule has 1 atom stereocenters. The maximum Gasteiger partial charge on any atom is 0.306 e. The summed E-state index contributed by atoms with van der Waals surface area (Å²) in [4.78, 5) is 22.4. The van der Waals surface area contributed by atoms with Crippen LogP contribution in [-0.4, -0.2) is 39.4 Å². The summed E-state index contributed by atoms with van der Waals surface area (Å²) in [5, 5.41) is 0. The van der Waals surface area contributed by atoms with Gasteiger partial charge in [0.05, 0.1) is 13.2 Å². The van der Waals surface area contributed by atoms with Gasteiger partial charge in [-0.2, -0.15) is 0 Å².